The molecule has 3 N–H and O–H groups in total. The highest BCUT2D eigenvalue weighted by molar-refractivity contribution is 5.56. The second kappa shape index (κ2) is 3.78. The fraction of sp³-hybridized carbons (Fsp3) is 0.200. The molecule has 78 valence electrons. The minimum atomic E-state index is -0.371. The molecule has 0 saturated heterocycles. The number of halogens is 1. The molecule has 0 fully saturated rings. The van der Waals surface area contributed by atoms with Crippen LogP contribution in [0.5, 0.6) is 0 Å². The van der Waals surface area contributed by atoms with Gasteiger partial charge in [-0.05, 0) is 13.0 Å². The molecule has 2 heterocycles. The van der Waals surface area contributed by atoms with Crippen LogP contribution < -0.4 is 5.73 Å². The first kappa shape index (κ1) is 9.79. The van der Waals surface area contributed by atoms with Gasteiger partial charge in [0.1, 0.15) is 11.6 Å². The number of rotatable bonds is 2. The van der Waals surface area contributed by atoms with Crippen molar-refractivity contribution in [1.29, 1.82) is 0 Å². The van der Waals surface area contributed by atoms with E-state index < -0.39 is 0 Å². The van der Waals surface area contributed by atoms with E-state index in [0.717, 1.165) is 6.20 Å². The van der Waals surface area contributed by atoms with Crippen molar-refractivity contribution in [1.82, 2.24) is 15.0 Å². The molecule has 0 bridgehead atoms. The molecule has 4 nitrogen and oxygen atoms in total. The molecule has 0 aliphatic rings. The number of pyridine rings is 1. The lowest BCUT2D eigenvalue weighted by atomic mass is 10.2. The number of nitrogens with zero attached hydrogens (tertiary/aromatic N) is 2. The zero-order valence-corrected chi connectivity index (χ0v) is 8.24. The smallest absolute Gasteiger partial charge is 0.142 e. The molecule has 15 heavy (non-hydrogen) atoms. The lowest BCUT2D eigenvalue weighted by Gasteiger charge is -1.99. The van der Waals surface area contributed by atoms with Gasteiger partial charge in [0.2, 0.25) is 0 Å². The lowest BCUT2D eigenvalue weighted by Crippen LogP contribution is -2.06. The van der Waals surface area contributed by atoms with Crippen molar-refractivity contribution in [2.45, 2.75) is 13.0 Å². The normalized spacial score (nSPS) is 12.7. The summed E-state index contributed by atoms with van der Waals surface area (Å²) in [5.41, 5.74) is 7.03. The van der Waals surface area contributed by atoms with E-state index in [1.807, 2.05) is 6.92 Å². The molecule has 0 aliphatic heterocycles. The van der Waals surface area contributed by atoms with E-state index in [1.165, 1.54) is 6.07 Å². The van der Waals surface area contributed by atoms with Gasteiger partial charge in [-0.2, -0.15) is 0 Å². The number of H-pyrrole nitrogens is 1. The third kappa shape index (κ3) is 2.02. The van der Waals surface area contributed by atoms with Crippen LogP contribution >= 0.6 is 0 Å². The van der Waals surface area contributed by atoms with Crippen molar-refractivity contribution >= 4 is 0 Å². The Balaban J connectivity index is 2.37. The number of aromatic amines is 1. The second-order valence-corrected chi connectivity index (χ2v) is 3.36. The van der Waals surface area contributed by atoms with Crippen molar-refractivity contribution in [3.63, 3.8) is 0 Å². The van der Waals surface area contributed by atoms with Gasteiger partial charge in [-0.1, -0.05) is 0 Å². The third-order valence-electron chi connectivity index (χ3n) is 2.04. The van der Waals surface area contributed by atoms with Crippen LogP contribution in [0.2, 0.25) is 0 Å². The molecule has 0 aliphatic carbocycles. The first-order valence-electron chi connectivity index (χ1n) is 4.58. The summed E-state index contributed by atoms with van der Waals surface area (Å²) in [6, 6.07) is 1.23. The summed E-state index contributed by atoms with van der Waals surface area (Å²) in [5, 5.41) is 0. The van der Waals surface area contributed by atoms with Gasteiger partial charge in [0.25, 0.3) is 0 Å². The van der Waals surface area contributed by atoms with Gasteiger partial charge in [0.05, 0.1) is 24.1 Å². The van der Waals surface area contributed by atoms with Crippen LogP contribution in [0.1, 0.15) is 18.8 Å². The highest BCUT2D eigenvalue weighted by atomic mass is 19.1. The van der Waals surface area contributed by atoms with Crippen LogP contribution in [0, 0.1) is 5.82 Å². The summed E-state index contributed by atoms with van der Waals surface area (Å²) in [5.74, 6) is 0.304. The van der Waals surface area contributed by atoms with E-state index in [-0.39, 0.29) is 11.9 Å². The molecular weight excluding hydrogens is 195 g/mol. The van der Waals surface area contributed by atoms with Gasteiger partial charge in [-0.25, -0.2) is 9.37 Å². The topological polar surface area (TPSA) is 67.6 Å². The quantitative estimate of drug-likeness (QED) is 0.784. The Morgan fingerprint density at radius 3 is 2.80 bits per heavy atom. The molecular formula is C10H11FN4. The van der Waals surface area contributed by atoms with Gasteiger partial charge in [-0.3, -0.25) is 4.98 Å². The molecule has 2 aromatic heterocycles. The average Bonchev–Trinajstić information content (AvgIpc) is 2.66. The molecule has 0 radical (unpaired) electrons. The van der Waals surface area contributed by atoms with Crippen molar-refractivity contribution in [3.8, 4) is 11.3 Å². The van der Waals surface area contributed by atoms with E-state index in [0.29, 0.717) is 17.1 Å². The van der Waals surface area contributed by atoms with E-state index in [4.69, 9.17) is 5.73 Å². The van der Waals surface area contributed by atoms with E-state index >= 15 is 0 Å². The first-order chi connectivity index (χ1) is 7.16. The Labute approximate surface area is 86.4 Å². The largest absolute Gasteiger partial charge is 0.341 e. The molecule has 0 amide bonds. The Morgan fingerprint density at radius 2 is 2.20 bits per heavy atom. The second-order valence-electron chi connectivity index (χ2n) is 3.36. The molecule has 5 heteroatoms. The lowest BCUT2D eigenvalue weighted by molar-refractivity contribution is 0.622. The zero-order chi connectivity index (χ0) is 10.8. The van der Waals surface area contributed by atoms with Crippen LogP contribution in [-0.4, -0.2) is 15.0 Å². The van der Waals surface area contributed by atoms with Gasteiger partial charge < -0.3 is 10.7 Å². The van der Waals surface area contributed by atoms with Crippen LogP contribution in [0.15, 0.2) is 24.7 Å². The first-order valence-corrected chi connectivity index (χ1v) is 4.58. The van der Waals surface area contributed by atoms with E-state index in [9.17, 15) is 4.39 Å². The summed E-state index contributed by atoms with van der Waals surface area (Å²) in [6.45, 7) is 1.83. The van der Waals surface area contributed by atoms with Gasteiger partial charge in [0.15, 0.2) is 0 Å². The number of nitrogens with one attached hydrogen (secondary N) is 1. The maximum atomic E-state index is 12.9. The van der Waals surface area contributed by atoms with Crippen LogP contribution in [0.25, 0.3) is 11.3 Å². The maximum absolute atomic E-state index is 12.9. The Kier molecular flexibility index (Phi) is 2.47. The predicted octanol–water partition coefficient (Wildman–Crippen LogP) is 1.63. The summed E-state index contributed by atoms with van der Waals surface area (Å²) in [6.07, 6.45) is 4.35. The highest BCUT2D eigenvalue weighted by Gasteiger charge is 2.07. The van der Waals surface area contributed by atoms with Crippen molar-refractivity contribution in [2.75, 3.05) is 0 Å². The minimum Gasteiger partial charge on any atom is -0.341 e. The Hall–Kier alpha value is -1.75. The van der Waals surface area contributed by atoms with E-state index in [1.54, 1.807) is 12.4 Å². The number of hydrogen-bond acceptors (Lipinski definition) is 3. The van der Waals surface area contributed by atoms with Gasteiger partial charge in [-0.15, -0.1) is 0 Å². The van der Waals surface area contributed by atoms with Crippen molar-refractivity contribution in [3.05, 3.63) is 36.3 Å². The molecule has 0 aromatic carbocycles. The van der Waals surface area contributed by atoms with Crippen molar-refractivity contribution < 1.29 is 4.39 Å². The summed E-state index contributed by atoms with van der Waals surface area (Å²) >= 11 is 0. The zero-order valence-electron chi connectivity index (χ0n) is 8.24. The minimum absolute atomic E-state index is 0.166. The number of aromatic nitrogens is 3. The summed E-state index contributed by atoms with van der Waals surface area (Å²) < 4.78 is 12.9. The van der Waals surface area contributed by atoms with Gasteiger partial charge >= 0.3 is 0 Å². The predicted molar refractivity (Wildman–Crippen MR) is 54.4 cm³/mol. The highest BCUT2D eigenvalue weighted by Crippen LogP contribution is 2.18. The third-order valence-corrected chi connectivity index (χ3v) is 2.04. The fourth-order valence-corrected chi connectivity index (χ4v) is 1.27. The Morgan fingerprint density at radius 1 is 1.40 bits per heavy atom. The SMILES string of the molecule is CC(N)c1ncc(-c2cncc(F)c2)[nH]1. The molecule has 0 spiro atoms. The van der Waals surface area contributed by atoms with Crippen LogP contribution in [0.3, 0.4) is 0 Å². The van der Waals surface area contributed by atoms with Gasteiger partial charge in [0, 0.05) is 11.8 Å². The molecule has 1 unspecified atom stereocenters. The summed E-state index contributed by atoms with van der Waals surface area (Å²) in [7, 11) is 0. The summed E-state index contributed by atoms with van der Waals surface area (Å²) in [4.78, 5) is 10.9. The van der Waals surface area contributed by atoms with Crippen LogP contribution in [0.4, 0.5) is 4.39 Å². The monoisotopic (exact) mass is 206 g/mol. The average molecular weight is 206 g/mol. The van der Waals surface area contributed by atoms with Crippen LogP contribution in [-0.2, 0) is 0 Å². The molecule has 1 atom stereocenters. The number of nitrogens with two attached hydrogens (primary N) is 1. The standard InChI is InChI=1S/C10H11FN4/c1-6(12)10-14-5-9(15-10)7-2-8(11)4-13-3-7/h2-6H,12H2,1H3,(H,14,15). The number of hydrogen-bond donors (Lipinski definition) is 2. The van der Waals surface area contributed by atoms with Crippen molar-refractivity contribution in [2.24, 2.45) is 5.73 Å². The molecule has 0 saturated carbocycles. The molecule has 2 aromatic rings. The molecule has 2 rings (SSSR count). The number of imidazole rings is 1. The van der Waals surface area contributed by atoms with E-state index in [2.05, 4.69) is 15.0 Å². The Bertz CT molecular complexity index is 464. The fourth-order valence-electron chi connectivity index (χ4n) is 1.27. The maximum Gasteiger partial charge on any atom is 0.142 e.